The minimum Gasteiger partial charge on any atom is -0.392 e. The highest BCUT2D eigenvalue weighted by Crippen LogP contribution is 2.33. The second kappa shape index (κ2) is 4.78. The zero-order chi connectivity index (χ0) is 13.3. The summed E-state index contributed by atoms with van der Waals surface area (Å²) in [5, 5.41) is 12.8. The van der Waals surface area contributed by atoms with Gasteiger partial charge in [0, 0.05) is 29.4 Å². The lowest BCUT2D eigenvalue weighted by Gasteiger charge is -2.43. The molecule has 1 aromatic carbocycles. The van der Waals surface area contributed by atoms with E-state index in [1.54, 1.807) is 6.07 Å². The number of aliphatic hydroxyl groups excluding tert-OH is 1. The van der Waals surface area contributed by atoms with Crippen LogP contribution in [-0.4, -0.2) is 29.6 Å². The van der Waals surface area contributed by atoms with Gasteiger partial charge in [-0.3, -0.25) is 4.79 Å². The largest absolute Gasteiger partial charge is 0.392 e. The minimum absolute atomic E-state index is 0.0161. The average Bonchev–Trinajstić information content (AvgIpc) is 2.32. The van der Waals surface area contributed by atoms with Gasteiger partial charge in [-0.05, 0) is 26.0 Å². The van der Waals surface area contributed by atoms with Gasteiger partial charge in [-0.15, -0.1) is 0 Å². The molecule has 1 aliphatic rings. The third kappa shape index (κ3) is 2.06. The molecule has 5 heteroatoms. The molecular formula is C13H17ClN2O2. The molecule has 0 radical (unpaired) electrons. The van der Waals surface area contributed by atoms with Crippen LogP contribution in [0.2, 0.25) is 5.02 Å². The number of hydrogen-bond donors (Lipinski definition) is 2. The molecule has 1 saturated heterocycles. The number of aliphatic hydroxyl groups is 1. The van der Waals surface area contributed by atoms with Crippen molar-refractivity contribution >= 4 is 23.2 Å². The monoisotopic (exact) mass is 268 g/mol. The van der Waals surface area contributed by atoms with Crippen molar-refractivity contribution in [1.29, 1.82) is 0 Å². The molecular weight excluding hydrogens is 252 g/mol. The Kier molecular flexibility index (Phi) is 3.50. The number of amides is 1. The molecule has 4 nitrogen and oxygen atoms in total. The van der Waals surface area contributed by atoms with Crippen LogP contribution >= 0.6 is 11.6 Å². The van der Waals surface area contributed by atoms with Crippen molar-refractivity contribution in [3.63, 3.8) is 0 Å². The van der Waals surface area contributed by atoms with Gasteiger partial charge < -0.3 is 15.3 Å². The van der Waals surface area contributed by atoms with E-state index in [2.05, 4.69) is 5.32 Å². The summed E-state index contributed by atoms with van der Waals surface area (Å²) < 4.78 is 0. The van der Waals surface area contributed by atoms with Gasteiger partial charge in [0.15, 0.2) is 0 Å². The zero-order valence-corrected chi connectivity index (χ0v) is 11.3. The van der Waals surface area contributed by atoms with Crippen LogP contribution < -0.4 is 10.2 Å². The zero-order valence-electron chi connectivity index (χ0n) is 10.5. The highest BCUT2D eigenvalue weighted by molar-refractivity contribution is 6.31. The second-order valence-electron chi connectivity index (χ2n) is 4.86. The molecule has 1 heterocycles. The molecule has 0 bridgehead atoms. The van der Waals surface area contributed by atoms with Crippen LogP contribution in [0.3, 0.4) is 0 Å². The summed E-state index contributed by atoms with van der Waals surface area (Å²) in [7, 11) is 0. The molecule has 0 saturated carbocycles. The van der Waals surface area contributed by atoms with Gasteiger partial charge >= 0.3 is 0 Å². The maximum Gasteiger partial charge on any atom is 0.245 e. The molecule has 0 unspecified atom stereocenters. The molecule has 98 valence electrons. The fourth-order valence-corrected chi connectivity index (χ4v) is 2.51. The fraction of sp³-hybridized carbons (Fsp3) is 0.462. The van der Waals surface area contributed by atoms with Crippen LogP contribution in [0.25, 0.3) is 0 Å². The molecule has 1 fully saturated rings. The third-order valence-electron chi connectivity index (χ3n) is 3.39. The van der Waals surface area contributed by atoms with Crippen molar-refractivity contribution in [1.82, 2.24) is 5.32 Å². The summed E-state index contributed by atoms with van der Waals surface area (Å²) in [6.07, 6.45) is 0. The van der Waals surface area contributed by atoms with Gasteiger partial charge in [0.05, 0.1) is 6.61 Å². The van der Waals surface area contributed by atoms with Crippen molar-refractivity contribution in [3.05, 3.63) is 28.8 Å². The number of nitrogens with one attached hydrogen (secondary N) is 1. The normalized spacial score (nSPS) is 18.7. The summed E-state index contributed by atoms with van der Waals surface area (Å²) in [5.74, 6) is -0.0161. The van der Waals surface area contributed by atoms with E-state index in [1.807, 2.05) is 30.9 Å². The number of halogens is 1. The number of rotatable bonds is 2. The second-order valence-corrected chi connectivity index (χ2v) is 5.27. The first-order chi connectivity index (χ1) is 8.48. The molecule has 2 rings (SSSR count). The predicted molar refractivity (Wildman–Crippen MR) is 71.8 cm³/mol. The fourth-order valence-electron chi connectivity index (χ4n) is 2.28. The molecule has 1 aromatic rings. The molecule has 0 spiro atoms. The maximum atomic E-state index is 11.9. The van der Waals surface area contributed by atoms with E-state index >= 15 is 0 Å². The molecule has 0 aliphatic carbocycles. The molecule has 0 aromatic heterocycles. The van der Waals surface area contributed by atoms with Crippen LogP contribution in [0.5, 0.6) is 0 Å². The molecule has 0 atom stereocenters. The Hall–Kier alpha value is -1.26. The molecule has 1 amide bonds. The van der Waals surface area contributed by atoms with Crippen LogP contribution in [0.1, 0.15) is 19.4 Å². The topological polar surface area (TPSA) is 52.6 Å². The van der Waals surface area contributed by atoms with E-state index in [9.17, 15) is 9.90 Å². The Balaban J connectivity index is 2.48. The van der Waals surface area contributed by atoms with Gasteiger partial charge in [0.2, 0.25) is 5.91 Å². The van der Waals surface area contributed by atoms with E-state index in [-0.39, 0.29) is 12.5 Å². The molecule has 2 N–H and O–H groups in total. The van der Waals surface area contributed by atoms with Crippen molar-refractivity contribution in [2.75, 3.05) is 18.0 Å². The smallest absolute Gasteiger partial charge is 0.245 e. The number of anilines is 1. The van der Waals surface area contributed by atoms with E-state index in [1.165, 1.54) is 0 Å². The summed E-state index contributed by atoms with van der Waals surface area (Å²) in [6, 6.07) is 5.46. The Bertz CT molecular complexity index is 474. The Morgan fingerprint density at radius 1 is 1.50 bits per heavy atom. The highest BCUT2D eigenvalue weighted by atomic mass is 35.5. The van der Waals surface area contributed by atoms with Crippen molar-refractivity contribution in [3.8, 4) is 0 Å². The van der Waals surface area contributed by atoms with E-state index in [0.717, 1.165) is 5.69 Å². The lowest BCUT2D eigenvalue weighted by Crippen LogP contribution is -2.62. The number of hydrogen-bond acceptors (Lipinski definition) is 3. The SMILES string of the molecule is CC1(C)C(=O)NCCN1c1cccc(Cl)c1CO. The maximum absolute atomic E-state index is 11.9. The van der Waals surface area contributed by atoms with Crippen molar-refractivity contribution in [2.24, 2.45) is 0 Å². The number of carbonyl (C=O) groups excluding carboxylic acids is 1. The summed E-state index contributed by atoms with van der Waals surface area (Å²) in [4.78, 5) is 13.9. The van der Waals surface area contributed by atoms with Crippen molar-refractivity contribution < 1.29 is 9.90 Å². The average molecular weight is 269 g/mol. The number of carbonyl (C=O) groups is 1. The van der Waals surface area contributed by atoms with Crippen LogP contribution in [0.15, 0.2) is 18.2 Å². The number of benzene rings is 1. The summed E-state index contributed by atoms with van der Waals surface area (Å²) in [6.45, 7) is 4.89. The van der Waals surface area contributed by atoms with Gasteiger partial charge in [-0.1, -0.05) is 17.7 Å². The standard InChI is InChI=1S/C13H17ClN2O2/c1-13(2)12(18)15-6-7-16(13)11-5-3-4-10(14)9(11)8-17/h3-5,17H,6-8H2,1-2H3,(H,15,18). The molecule has 18 heavy (non-hydrogen) atoms. The molecule has 1 aliphatic heterocycles. The first kappa shape index (κ1) is 13.2. The Labute approximate surface area is 112 Å². The van der Waals surface area contributed by atoms with Gasteiger partial charge in [-0.25, -0.2) is 0 Å². The Morgan fingerprint density at radius 3 is 2.89 bits per heavy atom. The van der Waals surface area contributed by atoms with Crippen LogP contribution in [0, 0.1) is 0 Å². The highest BCUT2D eigenvalue weighted by Gasteiger charge is 2.38. The lowest BCUT2D eigenvalue weighted by molar-refractivity contribution is -0.126. The van der Waals surface area contributed by atoms with Gasteiger partial charge in [0.1, 0.15) is 5.54 Å². The predicted octanol–water partition coefficient (Wildman–Crippen LogP) is 1.55. The van der Waals surface area contributed by atoms with Crippen LogP contribution in [-0.2, 0) is 11.4 Å². The first-order valence-corrected chi connectivity index (χ1v) is 6.30. The van der Waals surface area contributed by atoms with Crippen molar-refractivity contribution in [2.45, 2.75) is 26.0 Å². The summed E-state index contributed by atoms with van der Waals surface area (Å²) in [5.41, 5.74) is 0.846. The summed E-state index contributed by atoms with van der Waals surface area (Å²) >= 11 is 6.09. The lowest BCUT2D eigenvalue weighted by atomic mass is 9.96. The Morgan fingerprint density at radius 2 is 2.22 bits per heavy atom. The first-order valence-electron chi connectivity index (χ1n) is 5.92. The minimum atomic E-state index is -0.646. The van der Waals surface area contributed by atoms with E-state index in [0.29, 0.717) is 23.7 Å². The number of nitrogens with zero attached hydrogens (tertiary/aromatic N) is 1. The quantitative estimate of drug-likeness (QED) is 0.856. The van der Waals surface area contributed by atoms with Gasteiger partial charge in [0.25, 0.3) is 0 Å². The van der Waals surface area contributed by atoms with Crippen LogP contribution in [0.4, 0.5) is 5.69 Å². The number of piperazine rings is 1. The van der Waals surface area contributed by atoms with E-state index < -0.39 is 5.54 Å². The van der Waals surface area contributed by atoms with E-state index in [4.69, 9.17) is 11.6 Å². The van der Waals surface area contributed by atoms with Gasteiger partial charge in [-0.2, -0.15) is 0 Å². The third-order valence-corrected chi connectivity index (χ3v) is 3.75.